The van der Waals surface area contributed by atoms with Crippen LogP contribution < -0.4 is 0 Å². The molecule has 0 saturated heterocycles. The fourth-order valence-corrected chi connectivity index (χ4v) is 2.29. The van der Waals surface area contributed by atoms with E-state index in [9.17, 15) is 0 Å². The molecule has 0 aliphatic carbocycles. The smallest absolute Gasteiger partial charge is 0.217 e. The summed E-state index contributed by atoms with van der Waals surface area (Å²) >= 11 is 6.24. The SMILES string of the molecule is CC.Cc1cn2nc(-c3nccn3C)nc(Cl)c2c1C. The molecular weight excluding hydrogens is 274 g/mol. The second-order valence-corrected chi connectivity index (χ2v) is 4.68. The van der Waals surface area contributed by atoms with E-state index in [0.29, 0.717) is 16.8 Å². The van der Waals surface area contributed by atoms with Gasteiger partial charge in [-0.1, -0.05) is 25.4 Å². The lowest BCUT2D eigenvalue weighted by molar-refractivity contribution is 0.858. The highest BCUT2D eigenvalue weighted by atomic mass is 35.5. The molecule has 0 amide bonds. The summed E-state index contributed by atoms with van der Waals surface area (Å²) in [7, 11) is 1.90. The summed E-state index contributed by atoms with van der Waals surface area (Å²) in [6.45, 7) is 8.04. The van der Waals surface area contributed by atoms with Crippen molar-refractivity contribution >= 4 is 17.1 Å². The highest BCUT2D eigenvalue weighted by Crippen LogP contribution is 2.24. The van der Waals surface area contributed by atoms with Gasteiger partial charge in [-0.05, 0) is 25.0 Å². The Morgan fingerprint density at radius 2 is 1.90 bits per heavy atom. The van der Waals surface area contributed by atoms with Crippen molar-refractivity contribution in [3.63, 3.8) is 0 Å². The first-order chi connectivity index (χ1) is 9.58. The molecule has 3 aromatic heterocycles. The van der Waals surface area contributed by atoms with Crippen LogP contribution in [0.1, 0.15) is 25.0 Å². The number of nitrogens with zero attached hydrogens (tertiary/aromatic N) is 5. The molecule has 106 valence electrons. The minimum atomic E-state index is 0.452. The minimum Gasteiger partial charge on any atom is -0.331 e. The molecule has 0 aliphatic heterocycles. The molecule has 3 rings (SSSR count). The van der Waals surface area contributed by atoms with Crippen molar-refractivity contribution in [3.05, 3.63) is 34.9 Å². The van der Waals surface area contributed by atoms with Crippen LogP contribution in [-0.4, -0.2) is 24.1 Å². The van der Waals surface area contributed by atoms with Crippen LogP contribution in [0.3, 0.4) is 0 Å². The molecule has 5 nitrogen and oxygen atoms in total. The largest absolute Gasteiger partial charge is 0.331 e. The molecule has 0 aromatic carbocycles. The van der Waals surface area contributed by atoms with E-state index >= 15 is 0 Å². The molecule has 0 aliphatic rings. The predicted molar refractivity (Wildman–Crippen MR) is 81.0 cm³/mol. The molecule has 3 heterocycles. The third-order valence-corrected chi connectivity index (χ3v) is 3.38. The zero-order chi connectivity index (χ0) is 14.9. The van der Waals surface area contributed by atoms with Crippen LogP contribution in [0.5, 0.6) is 0 Å². The summed E-state index contributed by atoms with van der Waals surface area (Å²) in [4.78, 5) is 8.56. The zero-order valence-electron chi connectivity index (χ0n) is 12.3. The maximum atomic E-state index is 6.24. The molecule has 0 N–H and O–H groups in total. The van der Waals surface area contributed by atoms with Crippen LogP contribution in [-0.2, 0) is 7.05 Å². The van der Waals surface area contributed by atoms with Gasteiger partial charge in [0.25, 0.3) is 0 Å². The quantitative estimate of drug-likeness (QED) is 0.690. The molecule has 0 saturated carbocycles. The molecule has 20 heavy (non-hydrogen) atoms. The molecule has 6 heteroatoms. The second kappa shape index (κ2) is 5.63. The molecular formula is C14H18ClN5. The Hall–Kier alpha value is -1.88. The van der Waals surface area contributed by atoms with Gasteiger partial charge in [0.1, 0.15) is 5.52 Å². The van der Waals surface area contributed by atoms with Gasteiger partial charge in [-0.25, -0.2) is 14.5 Å². The number of aromatic nitrogens is 5. The van der Waals surface area contributed by atoms with Gasteiger partial charge in [0, 0.05) is 25.6 Å². The van der Waals surface area contributed by atoms with Gasteiger partial charge in [0.05, 0.1) is 0 Å². The molecule has 0 bridgehead atoms. The first kappa shape index (κ1) is 14.5. The molecule has 0 atom stereocenters. The van der Waals surface area contributed by atoms with Gasteiger partial charge < -0.3 is 4.57 Å². The average Bonchev–Trinajstić information content (AvgIpc) is 2.97. The molecule has 0 unspecified atom stereocenters. The maximum Gasteiger partial charge on any atom is 0.217 e. The summed E-state index contributed by atoms with van der Waals surface area (Å²) in [5, 5.41) is 4.91. The number of imidazole rings is 1. The van der Waals surface area contributed by atoms with Crippen LogP contribution in [0.4, 0.5) is 0 Å². The van der Waals surface area contributed by atoms with E-state index in [4.69, 9.17) is 11.6 Å². The number of hydrogen-bond donors (Lipinski definition) is 0. The number of rotatable bonds is 1. The van der Waals surface area contributed by atoms with E-state index in [1.165, 1.54) is 0 Å². The van der Waals surface area contributed by atoms with Crippen LogP contribution in [0.15, 0.2) is 18.6 Å². The van der Waals surface area contributed by atoms with E-state index in [1.54, 1.807) is 10.7 Å². The van der Waals surface area contributed by atoms with Gasteiger partial charge in [0.15, 0.2) is 11.0 Å². The molecule has 0 radical (unpaired) electrons. The molecule has 0 fully saturated rings. The summed E-state index contributed by atoms with van der Waals surface area (Å²) < 4.78 is 3.63. The fraction of sp³-hybridized carbons (Fsp3) is 0.357. The zero-order valence-corrected chi connectivity index (χ0v) is 13.1. The highest BCUT2D eigenvalue weighted by molar-refractivity contribution is 6.32. The van der Waals surface area contributed by atoms with Gasteiger partial charge >= 0.3 is 0 Å². The van der Waals surface area contributed by atoms with Gasteiger partial charge in [-0.15, -0.1) is 5.10 Å². The third-order valence-electron chi connectivity index (χ3n) is 3.11. The van der Waals surface area contributed by atoms with E-state index in [1.807, 2.05) is 51.7 Å². The van der Waals surface area contributed by atoms with Crippen LogP contribution in [0.25, 0.3) is 17.2 Å². The van der Waals surface area contributed by atoms with E-state index in [0.717, 1.165) is 16.6 Å². The molecule has 0 spiro atoms. The Labute approximate surface area is 123 Å². The third kappa shape index (κ3) is 2.29. The van der Waals surface area contributed by atoms with Crippen molar-refractivity contribution in [2.45, 2.75) is 27.7 Å². The fourth-order valence-electron chi connectivity index (χ4n) is 1.98. The molecule has 3 aromatic rings. The van der Waals surface area contributed by atoms with Gasteiger partial charge in [0.2, 0.25) is 5.82 Å². The van der Waals surface area contributed by atoms with Crippen LogP contribution >= 0.6 is 11.6 Å². The predicted octanol–water partition coefficient (Wildman–Crippen LogP) is 3.43. The number of halogens is 1. The Morgan fingerprint density at radius 3 is 2.50 bits per heavy atom. The highest BCUT2D eigenvalue weighted by Gasteiger charge is 2.14. The average molecular weight is 292 g/mol. The standard InChI is InChI=1S/C12H12ClN5.C2H6/c1-7-6-18-9(8(7)2)10(13)15-11(16-18)12-14-4-5-17(12)3;1-2/h4-6H,1-3H3;1-2H3. The van der Waals surface area contributed by atoms with Crippen molar-refractivity contribution in [2.75, 3.05) is 0 Å². The first-order valence-corrected chi connectivity index (χ1v) is 6.95. The Morgan fingerprint density at radius 1 is 1.20 bits per heavy atom. The lowest BCUT2D eigenvalue weighted by Crippen LogP contribution is -2.02. The van der Waals surface area contributed by atoms with Gasteiger partial charge in [-0.3, -0.25) is 0 Å². The summed E-state index contributed by atoms with van der Waals surface area (Å²) in [5.74, 6) is 1.22. The second-order valence-electron chi connectivity index (χ2n) is 4.32. The summed E-state index contributed by atoms with van der Waals surface area (Å²) in [6, 6.07) is 0. The summed E-state index contributed by atoms with van der Waals surface area (Å²) in [5.41, 5.74) is 3.10. The topological polar surface area (TPSA) is 48.0 Å². The van der Waals surface area contributed by atoms with Crippen molar-refractivity contribution in [2.24, 2.45) is 7.05 Å². The number of fused-ring (bicyclic) bond motifs is 1. The van der Waals surface area contributed by atoms with Crippen molar-refractivity contribution in [1.29, 1.82) is 0 Å². The minimum absolute atomic E-state index is 0.452. The van der Waals surface area contributed by atoms with E-state index in [2.05, 4.69) is 15.1 Å². The maximum absolute atomic E-state index is 6.24. The summed E-state index contributed by atoms with van der Waals surface area (Å²) in [6.07, 6.45) is 5.51. The Kier molecular flexibility index (Phi) is 4.09. The van der Waals surface area contributed by atoms with Crippen molar-refractivity contribution in [3.8, 4) is 11.6 Å². The lowest BCUT2D eigenvalue weighted by Gasteiger charge is -2.03. The van der Waals surface area contributed by atoms with E-state index in [-0.39, 0.29) is 0 Å². The monoisotopic (exact) mass is 291 g/mol. The van der Waals surface area contributed by atoms with Crippen molar-refractivity contribution < 1.29 is 0 Å². The van der Waals surface area contributed by atoms with E-state index < -0.39 is 0 Å². The normalized spacial score (nSPS) is 10.5. The Bertz CT molecular complexity index is 741. The number of hydrogen-bond acceptors (Lipinski definition) is 3. The lowest BCUT2D eigenvalue weighted by atomic mass is 10.2. The van der Waals surface area contributed by atoms with Crippen molar-refractivity contribution in [1.82, 2.24) is 24.1 Å². The van der Waals surface area contributed by atoms with Crippen LogP contribution in [0, 0.1) is 13.8 Å². The van der Waals surface area contributed by atoms with Gasteiger partial charge in [-0.2, -0.15) is 0 Å². The van der Waals surface area contributed by atoms with Crippen LogP contribution in [0.2, 0.25) is 5.15 Å². The first-order valence-electron chi connectivity index (χ1n) is 6.57. The Balaban J connectivity index is 0.000000704. The number of aryl methyl sites for hydroxylation is 3.